The lowest BCUT2D eigenvalue weighted by Gasteiger charge is -2.05. The molecule has 2 aromatic heterocycles. The highest BCUT2D eigenvalue weighted by molar-refractivity contribution is 7.27. The monoisotopic (exact) mass is 286 g/mol. The molecule has 0 aliphatic heterocycles. The Balaban J connectivity index is 2.25. The lowest BCUT2D eigenvalue weighted by Crippen LogP contribution is -1.84. The zero-order valence-electron chi connectivity index (χ0n) is 11.1. The Morgan fingerprint density at radius 2 is 1.52 bits per heavy atom. The van der Waals surface area contributed by atoms with Crippen LogP contribution in [0.3, 0.4) is 0 Å². The molecule has 5 rings (SSSR count). The van der Waals surface area contributed by atoms with Gasteiger partial charge in [-0.05, 0) is 6.07 Å². The molecule has 0 unspecified atom stereocenters. The van der Waals surface area contributed by atoms with E-state index in [0.29, 0.717) is 0 Å². The molecule has 2 nitrogen and oxygen atoms in total. The molecule has 0 radical (unpaired) electrons. The van der Waals surface area contributed by atoms with Gasteiger partial charge in [-0.2, -0.15) is 0 Å². The summed E-state index contributed by atoms with van der Waals surface area (Å²) >= 11 is 1.85. The fourth-order valence-corrected chi connectivity index (χ4v) is 4.37. The molecule has 0 N–H and O–H groups in total. The summed E-state index contributed by atoms with van der Waals surface area (Å²) in [4.78, 5) is 8.79. The van der Waals surface area contributed by atoms with Gasteiger partial charge in [0.1, 0.15) is 6.33 Å². The lowest BCUT2D eigenvalue weighted by molar-refractivity contribution is 1.23. The molecule has 0 spiro atoms. The van der Waals surface area contributed by atoms with Gasteiger partial charge in [-0.1, -0.05) is 42.5 Å². The first-order chi connectivity index (χ1) is 10.4. The number of benzene rings is 3. The molecule has 0 saturated carbocycles. The van der Waals surface area contributed by atoms with Gasteiger partial charge in [-0.25, -0.2) is 9.97 Å². The molecule has 0 saturated heterocycles. The van der Waals surface area contributed by atoms with Gasteiger partial charge in [0.05, 0.1) is 5.52 Å². The Morgan fingerprint density at radius 3 is 2.43 bits per heavy atom. The summed E-state index contributed by atoms with van der Waals surface area (Å²) in [6.45, 7) is 0. The van der Waals surface area contributed by atoms with E-state index < -0.39 is 0 Å². The Hall–Kier alpha value is -2.52. The summed E-state index contributed by atoms with van der Waals surface area (Å²) in [5.74, 6) is 0. The van der Waals surface area contributed by atoms with Crippen molar-refractivity contribution in [2.75, 3.05) is 0 Å². The van der Waals surface area contributed by atoms with Gasteiger partial charge in [0.25, 0.3) is 0 Å². The summed E-state index contributed by atoms with van der Waals surface area (Å²) in [5, 5.41) is 6.20. The average molecular weight is 286 g/mol. The number of rotatable bonds is 0. The Labute approximate surface area is 124 Å². The van der Waals surface area contributed by atoms with Crippen LogP contribution < -0.4 is 0 Å². The van der Waals surface area contributed by atoms with Gasteiger partial charge < -0.3 is 0 Å². The molecular weight excluding hydrogens is 276 g/mol. The quantitative estimate of drug-likeness (QED) is 0.368. The van der Waals surface area contributed by atoms with Crippen LogP contribution in [0.2, 0.25) is 0 Å². The van der Waals surface area contributed by atoms with E-state index in [4.69, 9.17) is 0 Å². The van der Waals surface area contributed by atoms with E-state index in [0.717, 1.165) is 10.9 Å². The van der Waals surface area contributed by atoms with Gasteiger partial charge >= 0.3 is 0 Å². The summed E-state index contributed by atoms with van der Waals surface area (Å²) in [6.07, 6.45) is 3.57. The van der Waals surface area contributed by atoms with Crippen molar-refractivity contribution in [3.05, 3.63) is 61.1 Å². The van der Waals surface area contributed by atoms with Crippen molar-refractivity contribution < 1.29 is 0 Å². The molecule has 5 aromatic rings. The van der Waals surface area contributed by atoms with Crippen LogP contribution in [0.4, 0.5) is 0 Å². The zero-order chi connectivity index (χ0) is 13.8. The van der Waals surface area contributed by atoms with Crippen LogP contribution in [0.15, 0.2) is 61.1 Å². The minimum absolute atomic E-state index is 1.04. The SMILES string of the molecule is c1ccc2c(c1)sc1c3ccccc3c3ncncc3c21. The van der Waals surface area contributed by atoms with Crippen LogP contribution in [0.5, 0.6) is 0 Å². The molecule has 0 bridgehead atoms. The highest BCUT2D eigenvalue weighted by Gasteiger charge is 2.14. The summed E-state index contributed by atoms with van der Waals surface area (Å²) in [6, 6.07) is 17.1. The van der Waals surface area contributed by atoms with Gasteiger partial charge in [-0.3, -0.25) is 0 Å². The van der Waals surface area contributed by atoms with Crippen molar-refractivity contribution in [3.8, 4) is 0 Å². The molecule has 0 amide bonds. The molecule has 3 aromatic carbocycles. The van der Waals surface area contributed by atoms with E-state index in [1.54, 1.807) is 6.33 Å². The van der Waals surface area contributed by atoms with E-state index in [2.05, 4.69) is 58.5 Å². The molecule has 2 heterocycles. The van der Waals surface area contributed by atoms with Crippen molar-refractivity contribution in [1.82, 2.24) is 9.97 Å². The smallest absolute Gasteiger partial charge is 0.116 e. The van der Waals surface area contributed by atoms with Crippen molar-refractivity contribution in [2.45, 2.75) is 0 Å². The van der Waals surface area contributed by atoms with Crippen LogP contribution >= 0.6 is 11.3 Å². The number of aromatic nitrogens is 2. The first-order valence-corrected chi connectivity index (χ1v) is 7.67. The van der Waals surface area contributed by atoms with Crippen LogP contribution in [0.1, 0.15) is 0 Å². The maximum absolute atomic E-state index is 4.54. The minimum Gasteiger partial charge on any atom is -0.244 e. The topological polar surface area (TPSA) is 25.8 Å². The third-order valence-corrected chi connectivity index (χ3v) is 5.21. The van der Waals surface area contributed by atoms with Gasteiger partial charge in [-0.15, -0.1) is 11.3 Å². The van der Waals surface area contributed by atoms with E-state index >= 15 is 0 Å². The maximum Gasteiger partial charge on any atom is 0.116 e. The Kier molecular flexibility index (Phi) is 2.12. The molecule has 98 valence electrons. The normalized spacial score (nSPS) is 11.8. The second kappa shape index (κ2) is 3.99. The van der Waals surface area contributed by atoms with Crippen molar-refractivity contribution >= 4 is 53.2 Å². The van der Waals surface area contributed by atoms with Crippen molar-refractivity contribution in [2.24, 2.45) is 0 Å². The molecule has 0 aliphatic rings. The van der Waals surface area contributed by atoms with E-state index in [-0.39, 0.29) is 0 Å². The number of hydrogen-bond donors (Lipinski definition) is 0. The number of fused-ring (bicyclic) bond motifs is 8. The predicted octanol–water partition coefficient (Wildman–Crippen LogP) is 5.15. The van der Waals surface area contributed by atoms with Crippen LogP contribution in [-0.4, -0.2) is 9.97 Å². The molecule has 0 atom stereocenters. The van der Waals surface area contributed by atoms with Crippen LogP contribution in [-0.2, 0) is 0 Å². The first-order valence-electron chi connectivity index (χ1n) is 6.85. The predicted molar refractivity (Wildman–Crippen MR) is 89.9 cm³/mol. The third-order valence-electron chi connectivity index (χ3n) is 4.00. The fraction of sp³-hybridized carbons (Fsp3) is 0. The number of hydrogen-bond acceptors (Lipinski definition) is 3. The standard InChI is InChI=1S/C18H10N2S/c1-2-6-12-11(5-1)17-14(9-19-10-20-17)16-13-7-3-4-8-15(13)21-18(12)16/h1-10H. The second-order valence-corrected chi connectivity index (χ2v) is 6.19. The summed E-state index contributed by atoms with van der Waals surface area (Å²) in [5.41, 5.74) is 1.04. The van der Waals surface area contributed by atoms with E-state index in [9.17, 15) is 0 Å². The van der Waals surface area contributed by atoms with Crippen LogP contribution in [0, 0.1) is 0 Å². The van der Waals surface area contributed by atoms with Gasteiger partial charge in [0.15, 0.2) is 0 Å². The first kappa shape index (κ1) is 11.2. The molecule has 21 heavy (non-hydrogen) atoms. The number of nitrogens with zero attached hydrogens (tertiary/aromatic N) is 2. The zero-order valence-corrected chi connectivity index (χ0v) is 11.9. The van der Waals surface area contributed by atoms with E-state index in [1.807, 2.05) is 17.5 Å². The Bertz CT molecular complexity index is 1140. The second-order valence-electron chi connectivity index (χ2n) is 5.13. The Morgan fingerprint density at radius 1 is 0.762 bits per heavy atom. The van der Waals surface area contributed by atoms with E-state index in [1.165, 1.54) is 30.9 Å². The highest BCUT2D eigenvalue weighted by Crippen LogP contribution is 2.42. The van der Waals surface area contributed by atoms with Gasteiger partial charge in [0.2, 0.25) is 0 Å². The molecule has 0 fully saturated rings. The molecule has 3 heteroatoms. The number of thiophene rings is 1. The summed E-state index contributed by atoms with van der Waals surface area (Å²) < 4.78 is 2.64. The average Bonchev–Trinajstić information content (AvgIpc) is 2.95. The minimum atomic E-state index is 1.04. The molecule has 0 aliphatic carbocycles. The summed E-state index contributed by atoms with van der Waals surface area (Å²) in [7, 11) is 0. The largest absolute Gasteiger partial charge is 0.244 e. The van der Waals surface area contributed by atoms with Crippen LogP contribution in [0.25, 0.3) is 41.8 Å². The van der Waals surface area contributed by atoms with Gasteiger partial charge in [0, 0.05) is 42.5 Å². The highest BCUT2D eigenvalue weighted by atomic mass is 32.1. The maximum atomic E-state index is 4.54. The lowest BCUT2D eigenvalue weighted by atomic mass is 10.0. The third kappa shape index (κ3) is 1.41. The molecular formula is C18H10N2S. The van der Waals surface area contributed by atoms with Crippen molar-refractivity contribution in [3.63, 3.8) is 0 Å². The fourth-order valence-electron chi connectivity index (χ4n) is 3.12. The van der Waals surface area contributed by atoms with Crippen molar-refractivity contribution in [1.29, 1.82) is 0 Å².